The number of anilines is 2. The summed E-state index contributed by atoms with van der Waals surface area (Å²) in [5.41, 5.74) is 2.08. The third-order valence-electron chi connectivity index (χ3n) is 5.31. The summed E-state index contributed by atoms with van der Waals surface area (Å²) < 4.78 is 11.5. The molecule has 2 aliphatic heterocycles. The van der Waals surface area contributed by atoms with Gasteiger partial charge in [-0.25, -0.2) is 0 Å². The summed E-state index contributed by atoms with van der Waals surface area (Å²) in [6.45, 7) is 3.31. The number of carbonyl (C=O) groups excluding carboxylic acids is 1. The fraction of sp³-hybridized carbons (Fsp3) is 0.611. The maximum Gasteiger partial charge on any atom is 0.227 e. The van der Waals surface area contributed by atoms with Gasteiger partial charge >= 0.3 is 0 Å². The monoisotopic (exact) mass is 316 g/mol. The van der Waals surface area contributed by atoms with Crippen molar-refractivity contribution >= 4 is 17.3 Å². The highest BCUT2D eigenvalue weighted by atomic mass is 16.7. The molecule has 1 aliphatic carbocycles. The largest absolute Gasteiger partial charge is 0.371 e. The molecule has 1 spiro atoms. The molecule has 1 N–H and O–H groups in total. The average Bonchev–Trinajstić information content (AvgIpc) is 2.95. The number of nitrogens with one attached hydrogen (secondary N) is 1. The van der Waals surface area contributed by atoms with E-state index in [4.69, 9.17) is 9.47 Å². The smallest absolute Gasteiger partial charge is 0.227 e. The Morgan fingerprint density at radius 2 is 1.74 bits per heavy atom. The SMILES string of the molecule is O=C(Nc1ccc(N2CCC3(CC2)OCCO3)cc1)C1CCC1. The third-order valence-corrected chi connectivity index (χ3v) is 5.31. The molecule has 2 heterocycles. The molecule has 0 aromatic heterocycles. The molecule has 1 aromatic carbocycles. The Hall–Kier alpha value is -1.59. The van der Waals surface area contributed by atoms with Crippen molar-refractivity contribution in [3.63, 3.8) is 0 Å². The zero-order valence-corrected chi connectivity index (χ0v) is 13.4. The van der Waals surface area contributed by atoms with Gasteiger partial charge in [-0.1, -0.05) is 6.42 Å². The molecular weight excluding hydrogens is 292 g/mol. The second kappa shape index (κ2) is 6.13. The Bertz CT molecular complexity index is 552. The molecule has 4 rings (SSSR count). The lowest BCUT2D eigenvalue weighted by Gasteiger charge is -2.38. The summed E-state index contributed by atoms with van der Waals surface area (Å²) in [6.07, 6.45) is 5.06. The van der Waals surface area contributed by atoms with Crippen molar-refractivity contribution in [3.05, 3.63) is 24.3 Å². The number of hydrogen-bond acceptors (Lipinski definition) is 4. The summed E-state index contributed by atoms with van der Waals surface area (Å²) in [4.78, 5) is 14.3. The first-order chi connectivity index (χ1) is 11.2. The maximum atomic E-state index is 12.0. The molecule has 0 radical (unpaired) electrons. The number of benzene rings is 1. The van der Waals surface area contributed by atoms with Gasteiger partial charge in [0.05, 0.1) is 13.2 Å². The fourth-order valence-electron chi connectivity index (χ4n) is 3.56. The van der Waals surface area contributed by atoms with Gasteiger partial charge in [-0.2, -0.15) is 0 Å². The van der Waals surface area contributed by atoms with Crippen LogP contribution in [0.4, 0.5) is 11.4 Å². The van der Waals surface area contributed by atoms with Gasteiger partial charge in [-0.15, -0.1) is 0 Å². The van der Waals surface area contributed by atoms with Crippen LogP contribution in [0, 0.1) is 5.92 Å². The highest BCUT2D eigenvalue weighted by Crippen LogP contribution is 2.33. The summed E-state index contributed by atoms with van der Waals surface area (Å²) in [6, 6.07) is 8.17. The van der Waals surface area contributed by atoms with Crippen molar-refractivity contribution < 1.29 is 14.3 Å². The maximum absolute atomic E-state index is 12.0. The number of carbonyl (C=O) groups is 1. The van der Waals surface area contributed by atoms with Crippen LogP contribution in [0.2, 0.25) is 0 Å². The summed E-state index contributed by atoms with van der Waals surface area (Å²) in [7, 11) is 0. The number of ether oxygens (including phenoxy) is 2. The first-order valence-electron chi connectivity index (χ1n) is 8.68. The molecular formula is C18H24N2O3. The van der Waals surface area contributed by atoms with Crippen LogP contribution < -0.4 is 10.2 Å². The highest BCUT2D eigenvalue weighted by Gasteiger charge is 2.39. The topological polar surface area (TPSA) is 50.8 Å². The molecule has 23 heavy (non-hydrogen) atoms. The number of rotatable bonds is 3. The van der Waals surface area contributed by atoms with E-state index >= 15 is 0 Å². The molecule has 3 fully saturated rings. The normalized spacial score (nSPS) is 23.7. The van der Waals surface area contributed by atoms with Crippen molar-refractivity contribution in [2.75, 3.05) is 36.5 Å². The summed E-state index contributed by atoms with van der Waals surface area (Å²) in [5.74, 6) is 0.0616. The fourth-order valence-corrected chi connectivity index (χ4v) is 3.56. The van der Waals surface area contributed by atoms with Gasteiger partial charge in [0, 0.05) is 43.2 Å². The van der Waals surface area contributed by atoms with E-state index in [-0.39, 0.29) is 17.6 Å². The van der Waals surface area contributed by atoms with Gasteiger partial charge < -0.3 is 19.7 Å². The third kappa shape index (κ3) is 3.08. The Labute approximate surface area is 136 Å². The molecule has 5 nitrogen and oxygen atoms in total. The van der Waals surface area contributed by atoms with Crippen molar-refractivity contribution in [1.82, 2.24) is 0 Å². The van der Waals surface area contributed by atoms with Crippen LogP contribution in [0.3, 0.4) is 0 Å². The standard InChI is InChI=1S/C18H24N2O3/c21-17(14-2-1-3-14)19-15-4-6-16(7-5-15)20-10-8-18(9-11-20)22-12-13-23-18/h4-7,14H,1-3,8-13H2,(H,19,21). The van der Waals surface area contributed by atoms with Gasteiger partial charge in [0.25, 0.3) is 0 Å². The van der Waals surface area contributed by atoms with Crippen LogP contribution in [-0.4, -0.2) is 38.0 Å². The molecule has 124 valence electrons. The van der Waals surface area contributed by atoms with Gasteiger partial charge in [0.2, 0.25) is 5.91 Å². The van der Waals surface area contributed by atoms with E-state index in [1.165, 1.54) is 12.1 Å². The molecule has 1 saturated carbocycles. The Morgan fingerprint density at radius 3 is 2.30 bits per heavy atom. The van der Waals surface area contributed by atoms with Crippen molar-refractivity contribution in [3.8, 4) is 0 Å². The molecule has 2 saturated heterocycles. The van der Waals surface area contributed by atoms with E-state index < -0.39 is 0 Å². The van der Waals surface area contributed by atoms with Crippen LogP contribution in [0.15, 0.2) is 24.3 Å². The predicted octanol–water partition coefficient (Wildman–Crippen LogP) is 2.77. The lowest BCUT2D eigenvalue weighted by molar-refractivity contribution is -0.169. The molecule has 1 aromatic rings. The number of piperidine rings is 1. The quantitative estimate of drug-likeness (QED) is 0.931. The second-order valence-electron chi connectivity index (χ2n) is 6.76. The van der Waals surface area contributed by atoms with Gasteiger partial charge in [0.15, 0.2) is 5.79 Å². The van der Waals surface area contributed by atoms with E-state index in [2.05, 4.69) is 22.3 Å². The van der Waals surface area contributed by atoms with E-state index in [1.807, 2.05) is 12.1 Å². The van der Waals surface area contributed by atoms with Gasteiger partial charge in [0.1, 0.15) is 0 Å². The molecule has 0 bridgehead atoms. The number of hydrogen-bond donors (Lipinski definition) is 1. The Balaban J connectivity index is 1.34. The van der Waals surface area contributed by atoms with Crippen LogP contribution in [-0.2, 0) is 14.3 Å². The van der Waals surface area contributed by atoms with E-state index in [1.54, 1.807) is 0 Å². The minimum absolute atomic E-state index is 0.166. The van der Waals surface area contributed by atoms with Crippen molar-refractivity contribution in [1.29, 1.82) is 0 Å². The first kappa shape index (κ1) is 15.0. The van der Waals surface area contributed by atoms with E-state index in [0.717, 1.165) is 57.7 Å². The Morgan fingerprint density at radius 1 is 1.09 bits per heavy atom. The van der Waals surface area contributed by atoms with Gasteiger partial charge in [-0.3, -0.25) is 4.79 Å². The summed E-state index contributed by atoms with van der Waals surface area (Å²) in [5, 5.41) is 3.02. The van der Waals surface area contributed by atoms with Crippen LogP contribution in [0.5, 0.6) is 0 Å². The van der Waals surface area contributed by atoms with E-state index in [9.17, 15) is 4.79 Å². The zero-order chi connectivity index (χ0) is 15.7. The molecule has 0 unspecified atom stereocenters. The summed E-state index contributed by atoms with van der Waals surface area (Å²) >= 11 is 0. The Kier molecular flexibility index (Phi) is 3.99. The van der Waals surface area contributed by atoms with Crippen LogP contribution in [0.25, 0.3) is 0 Å². The van der Waals surface area contributed by atoms with Crippen molar-refractivity contribution in [2.45, 2.75) is 37.9 Å². The molecule has 3 aliphatic rings. The molecule has 1 amide bonds. The zero-order valence-electron chi connectivity index (χ0n) is 13.4. The molecule has 0 atom stereocenters. The van der Waals surface area contributed by atoms with Crippen LogP contribution in [0.1, 0.15) is 32.1 Å². The van der Waals surface area contributed by atoms with Crippen LogP contribution >= 0.6 is 0 Å². The minimum atomic E-state index is -0.326. The second-order valence-corrected chi connectivity index (χ2v) is 6.76. The minimum Gasteiger partial charge on any atom is -0.371 e. The van der Waals surface area contributed by atoms with E-state index in [0.29, 0.717) is 0 Å². The first-order valence-corrected chi connectivity index (χ1v) is 8.68. The predicted molar refractivity (Wildman–Crippen MR) is 88.5 cm³/mol. The lowest BCUT2D eigenvalue weighted by Crippen LogP contribution is -2.45. The number of nitrogens with zero attached hydrogens (tertiary/aromatic N) is 1. The lowest BCUT2D eigenvalue weighted by atomic mass is 9.85. The molecule has 5 heteroatoms. The highest BCUT2D eigenvalue weighted by molar-refractivity contribution is 5.93. The van der Waals surface area contributed by atoms with Gasteiger partial charge in [-0.05, 0) is 37.1 Å². The average molecular weight is 316 g/mol. The van der Waals surface area contributed by atoms with Crippen molar-refractivity contribution in [2.24, 2.45) is 5.92 Å². The number of amides is 1.